The van der Waals surface area contributed by atoms with Gasteiger partial charge in [-0.1, -0.05) is 12.8 Å². The number of rotatable bonds is 9. The van der Waals surface area contributed by atoms with Crippen LogP contribution in [-0.4, -0.2) is 57.6 Å². The van der Waals surface area contributed by atoms with E-state index in [0.717, 1.165) is 12.3 Å². The zero-order valence-electron chi connectivity index (χ0n) is 15.4. The fourth-order valence-electron chi connectivity index (χ4n) is 2.91. The third-order valence-corrected chi connectivity index (χ3v) is 4.68. The zero-order valence-corrected chi connectivity index (χ0v) is 15.4. The summed E-state index contributed by atoms with van der Waals surface area (Å²) < 4.78 is 5.65. The zero-order chi connectivity index (χ0) is 20.1. The molecule has 3 N–H and O–H groups in total. The third-order valence-electron chi connectivity index (χ3n) is 4.68. The van der Waals surface area contributed by atoms with E-state index in [1.807, 2.05) is 0 Å². The molecule has 28 heavy (non-hydrogen) atoms. The largest absolute Gasteiger partial charge is 0.511 e. The summed E-state index contributed by atoms with van der Waals surface area (Å²) in [4.78, 5) is 40.9. The predicted molar refractivity (Wildman–Crippen MR) is 97.4 cm³/mol. The lowest BCUT2D eigenvalue weighted by atomic mass is 10.1. The van der Waals surface area contributed by atoms with Crippen molar-refractivity contribution in [3.8, 4) is 5.75 Å². The van der Waals surface area contributed by atoms with Crippen LogP contribution in [0.25, 0.3) is 0 Å². The van der Waals surface area contributed by atoms with Crippen LogP contribution in [0.1, 0.15) is 31.4 Å². The number of carbonyl (C=O) groups excluding carboxylic acids is 2. The first kappa shape index (κ1) is 19.7. The van der Waals surface area contributed by atoms with Crippen LogP contribution in [0.4, 0.5) is 0 Å². The Labute approximate surface area is 162 Å². The number of amides is 2. The van der Waals surface area contributed by atoms with E-state index in [1.165, 1.54) is 17.7 Å². The summed E-state index contributed by atoms with van der Waals surface area (Å²) in [6.07, 6.45) is 5.33. The number of aliphatic hydroxyl groups is 1. The normalized spacial score (nSPS) is 16.9. The molecule has 3 rings (SSSR count). The number of carboxylic acids is 1. The Morgan fingerprint density at radius 3 is 2.75 bits per heavy atom. The minimum absolute atomic E-state index is 0.115. The van der Waals surface area contributed by atoms with Crippen molar-refractivity contribution in [1.82, 2.24) is 15.2 Å². The first-order chi connectivity index (χ1) is 13.4. The second kappa shape index (κ2) is 8.73. The summed E-state index contributed by atoms with van der Waals surface area (Å²) in [5.74, 6) is -1.67. The van der Waals surface area contributed by atoms with Crippen molar-refractivity contribution in [3.63, 3.8) is 0 Å². The van der Waals surface area contributed by atoms with E-state index >= 15 is 0 Å². The Morgan fingerprint density at radius 1 is 1.32 bits per heavy atom. The molecule has 2 aliphatic rings. The molecule has 0 aromatic carbocycles. The molecule has 1 aliphatic carbocycles. The Hall–Kier alpha value is -3.10. The molecule has 0 radical (unpaired) electrons. The van der Waals surface area contributed by atoms with Crippen molar-refractivity contribution in [1.29, 1.82) is 0 Å². The number of carbonyl (C=O) groups is 3. The lowest BCUT2D eigenvalue weighted by molar-refractivity contribution is -0.138. The van der Waals surface area contributed by atoms with Gasteiger partial charge in [0.15, 0.2) is 0 Å². The minimum Gasteiger partial charge on any atom is -0.511 e. The lowest BCUT2D eigenvalue weighted by Crippen LogP contribution is -2.43. The fraction of sp³-hybridized carbons (Fsp3) is 0.474. The Morgan fingerprint density at radius 2 is 2.11 bits per heavy atom. The van der Waals surface area contributed by atoms with Gasteiger partial charge in [0.05, 0.1) is 25.0 Å². The van der Waals surface area contributed by atoms with E-state index in [2.05, 4.69) is 10.3 Å². The topological polar surface area (TPSA) is 129 Å². The van der Waals surface area contributed by atoms with Gasteiger partial charge in [-0.05, 0) is 24.5 Å². The smallest absolute Gasteiger partial charge is 0.322 e. The molecule has 150 valence electrons. The number of hydrogen-bond donors (Lipinski definition) is 3. The second-order valence-electron chi connectivity index (χ2n) is 6.94. The molecular formula is C19H23N3O6. The number of hydrogen-bond acceptors (Lipinski definition) is 6. The number of nitrogens with zero attached hydrogens (tertiary/aromatic N) is 2. The van der Waals surface area contributed by atoms with Crippen LogP contribution in [0.2, 0.25) is 0 Å². The van der Waals surface area contributed by atoms with Gasteiger partial charge in [0.25, 0.3) is 11.8 Å². The van der Waals surface area contributed by atoms with Crippen LogP contribution >= 0.6 is 0 Å². The fourth-order valence-corrected chi connectivity index (χ4v) is 2.91. The Kier molecular flexibility index (Phi) is 6.13. The molecule has 9 nitrogen and oxygen atoms in total. The molecule has 0 atom stereocenters. The third kappa shape index (κ3) is 5.21. The average Bonchev–Trinajstić information content (AvgIpc) is 3.48. The van der Waals surface area contributed by atoms with Crippen LogP contribution in [0.3, 0.4) is 0 Å². The molecule has 1 aliphatic heterocycles. The second-order valence-corrected chi connectivity index (χ2v) is 6.94. The first-order valence-electron chi connectivity index (χ1n) is 9.23. The van der Waals surface area contributed by atoms with Gasteiger partial charge in [0, 0.05) is 13.0 Å². The molecule has 1 fully saturated rings. The summed E-state index contributed by atoms with van der Waals surface area (Å²) in [5, 5.41) is 20.7. The number of aliphatic carboxylic acids is 1. The van der Waals surface area contributed by atoms with Crippen molar-refractivity contribution < 1.29 is 29.3 Å². The molecular weight excluding hydrogens is 366 g/mol. The Bertz CT molecular complexity index is 785. The highest BCUT2D eigenvalue weighted by Crippen LogP contribution is 2.32. The predicted octanol–water partition coefficient (Wildman–Crippen LogP) is 1.01. The van der Waals surface area contributed by atoms with Crippen LogP contribution in [0, 0.1) is 5.92 Å². The van der Waals surface area contributed by atoms with Crippen LogP contribution < -0.4 is 10.1 Å². The molecule has 1 saturated carbocycles. The van der Waals surface area contributed by atoms with Gasteiger partial charge in [-0.15, -0.1) is 0 Å². The van der Waals surface area contributed by atoms with E-state index in [-0.39, 0.29) is 25.3 Å². The first-order valence-corrected chi connectivity index (χ1v) is 9.23. The summed E-state index contributed by atoms with van der Waals surface area (Å²) in [6.45, 7) is 0.438. The van der Waals surface area contributed by atoms with Gasteiger partial charge < -0.3 is 25.2 Å². The number of pyridine rings is 1. The maximum atomic E-state index is 12.6. The van der Waals surface area contributed by atoms with Crippen LogP contribution in [-0.2, 0) is 20.9 Å². The number of ether oxygens (including phenoxy) is 1. The maximum Gasteiger partial charge on any atom is 0.322 e. The van der Waals surface area contributed by atoms with E-state index in [9.17, 15) is 19.5 Å². The standard InChI is InChI=1S/C19H23N3O6/c23-15-5-7-22(19(27)17(15)18(26)21-10-16(24)25)11-13-3-4-14(9-20-13)28-8-6-12-1-2-12/h3-4,9,12,23H,1-2,5-8,10-11H2,(H,21,26)(H,24,25). The highest BCUT2D eigenvalue weighted by Gasteiger charge is 2.32. The van der Waals surface area contributed by atoms with Gasteiger partial charge in [0.1, 0.15) is 23.6 Å². The molecule has 0 saturated heterocycles. The molecule has 1 aromatic rings. The highest BCUT2D eigenvalue weighted by atomic mass is 16.5. The summed E-state index contributed by atoms with van der Waals surface area (Å²) in [5.41, 5.74) is 0.196. The monoisotopic (exact) mass is 389 g/mol. The summed E-state index contributed by atoms with van der Waals surface area (Å²) >= 11 is 0. The van der Waals surface area contributed by atoms with Crippen LogP contribution in [0.15, 0.2) is 29.7 Å². The molecule has 2 heterocycles. The highest BCUT2D eigenvalue weighted by molar-refractivity contribution is 6.19. The quantitative estimate of drug-likeness (QED) is 0.538. The van der Waals surface area contributed by atoms with Gasteiger partial charge in [-0.3, -0.25) is 19.4 Å². The van der Waals surface area contributed by atoms with Gasteiger partial charge in [-0.25, -0.2) is 0 Å². The van der Waals surface area contributed by atoms with Crippen molar-refractivity contribution in [2.45, 2.75) is 32.2 Å². The van der Waals surface area contributed by atoms with Crippen molar-refractivity contribution in [2.75, 3.05) is 19.7 Å². The van der Waals surface area contributed by atoms with Crippen molar-refractivity contribution in [3.05, 3.63) is 35.4 Å². The van der Waals surface area contributed by atoms with Crippen LogP contribution in [0.5, 0.6) is 5.75 Å². The van der Waals surface area contributed by atoms with Gasteiger partial charge in [-0.2, -0.15) is 0 Å². The summed E-state index contributed by atoms with van der Waals surface area (Å²) in [7, 11) is 0. The average molecular weight is 389 g/mol. The molecule has 2 amide bonds. The lowest BCUT2D eigenvalue weighted by Gasteiger charge is -2.27. The molecule has 9 heteroatoms. The number of carboxylic acid groups (broad SMARTS) is 1. The molecule has 0 unspecified atom stereocenters. The molecule has 1 aromatic heterocycles. The number of nitrogens with one attached hydrogen (secondary N) is 1. The van der Waals surface area contributed by atoms with E-state index < -0.39 is 29.9 Å². The maximum absolute atomic E-state index is 12.6. The molecule has 0 spiro atoms. The number of aromatic nitrogens is 1. The van der Waals surface area contributed by atoms with Crippen molar-refractivity contribution >= 4 is 17.8 Å². The number of aliphatic hydroxyl groups excluding tert-OH is 1. The summed E-state index contributed by atoms with van der Waals surface area (Å²) in [6, 6.07) is 3.54. The SMILES string of the molecule is O=C(O)CNC(=O)C1=C(O)CCN(Cc2ccc(OCCC3CC3)cn2)C1=O. The van der Waals surface area contributed by atoms with Gasteiger partial charge in [0.2, 0.25) is 0 Å². The molecule has 0 bridgehead atoms. The van der Waals surface area contributed by atoms with Crippen molar-refractivity contribution in [2.24, 2.45) is 5.92 Å². The van der Waals surface area contributed by atoms with E-state index in [4.69, 9.17) is 9.84 Å². The van der Waals surface area contributed by atoms with Gasteiger partial charge >= 0.3 is 5.97 Å². The van der Waals surface area contributed by atoms with E-state index in [1.54, 1.807) is 18.3 Å². The minimum atomic E-state index is -1.24. The Balaban J connectivity index is 1.57. The van der Waals surface area contributed by atoms with E-state index in [0.29, 0.717) is 18.1 Å².